The van der Waals surface area contributed by atoms with Gasteiger partial charge in [0.1, 0.15) is 5.75 Å². The van der Waals surface area contributed by atoms with Crippen LogP contribution in [0.1, 0.15) is 12.5 Å². The average molecular weight is 257 g/mol. The Morgan fingerprint density at radius 2 is 1.82 bits per heavy atom. The highest BCUT2D eigenvalue weighted by atomic mass is 35.5. The van der Waals surface area contributed by atoms with Crippen LogP contribution in [0, 0.1) is 0 Å². The van der Waals surface area contributed by atoms with E-state index in [0.29, 0.717) is 0 Å². The van der Waals surface area contributed by atoms with Crippen molar-refractivity contribution in [3.8, 4) is 5.75 Å². The summed E-state index contributed by atoms with van der Waals surface area (Å²) in [4.78, 5) is 2.48. The van der Waals surface area contributed by atoms with Crippen LogP contribution >= 0.6 is 12.4 Å². The molecule has 0 bridgehead atoms. The highest BCUT2D eigenvalue weighted by molar-refractivity contribution is 5.85. The van der Waals surface area contributed by atoms with E-state index in [1.807, 2.05) is 6.92 Å². The fraction of sp³-hybridized carbons (Fsp3) is 0.538. The number of hydrogen-bond donors (Lipinski definition) is 1. The molecule has 96 valence electrons. The van der Waals surface area contributed by atoms with E-state index in [1.54, 1.807) is 0 Å². The number of piperazine rings is 1. The Morgan fingerprint density at radius 1 is 1.18 bits per heavy atom. The molecule has 1 N–H and O–H groups in total. The van der Waals surface area contributed by atoms with E-state index in [2.05, 4.69) is 34.5 Å². The highest BCUT2D eigenvalue weighted by Gasteiger charge is 2.09. The lowest BCUT2D eigenvalue weighted by Gasteiger charge is -2.27. The van der Waals surface area contributed by atoms with Gasteiger partial charge in [-0.05, 0) is 24.6 Å². The topological polar surface area (TPSA) is 24.5 Å². The number of ether oxygens (including phenoxy) is 1. The van der Waals surface area contributed by atoms with Gasteiger partial charge in [0.25, 0.3) is 0 Å². The molecular formula is C13H21ClN2O. The Balaban J connectivity index is 0.00000144. The maximum atomic E-state index is 5.43. The smallest absolute Gasteiger partial charge is 0.119 e. The van der Waals surface area contributed by atoms with Gasteiger partial charge in [-0.3, -0.25) is 4.90 Å². The number of nitrogens with one attached hydrogen (secondary N) is 1. The average Bonchev–Trinajstić information content (AvgIpc) is 2.33. The third kappa shape index (κ3) is 4.54. The summed E-state index contributed by atoms with van der Waals surface area (Å²) in [6.07, 6.45) is 0. The van der Waals surface area contributed by atoms with Gasteiger partial charge in [0, 0.05) is 32.7 Å². The predicted molar refractivity (Wildman–Crippen MR) is 73.0 cm³/mol. The van der Waals surface area contributed by atoms with Gasteiger partial charge in [0.2, 0.25) is 0 Å². The molecule has 0 radical (unpaired) electrons. The van der Waals surface area contributed by atoms with Crippen molar-refractivity contribution in [3.05, 3.63) is 29.8 Å². The summed E-state index contributed by atoms with van der Waals surface area (Å²) in [6, 6.07) is 8.43. The molecule has 0 aliphatic carbocycles. The number of benzene rings is 1. The highest BCUT2D eigenvalue weighted by Crippen LogP contribution is 2.13. The second kappa shape index (κ2) is 7.54. The first-order chi connectivity index (χ1) is 7.88. The molecular weight excluding hydrogens is 236 g/mol. The number of halogens is 1. The lowest BCUT2D eigenvalue weighted by Crippen LogP contribution is -2.42. The van der Waals surface area contributed by atoms with Gasteiger partial charge < -0.3 is 10.1 Å². The molecule has 0 aromatic heterocycles. The Hall–Kier alpha value is -0.770. The lowest BCUT2D eigenvalue weighted by atomic mass is 10.2. The Morgan fingerprint density at radius 3 is 2.41 bits per heavy atom. The van der Waals surface area contributed by atoms with Crippen LogP contribution in [0.25, 0.3) is 0 Å². The molecule has 2 rings (SSSR count). The molecule has 1 aromatic carbocycles. The molecule has 0 amide bonds. The summed E-state index contributed by atoms with van der Waals surface area (Å²) >= 11 is 0. The maximum absolute atomic E-state index is 5.43. The van der Waals surface area contributed by atoms with Crippen molar-refractivity contribution in [1.82, 2.24) is 10.2 Å². The summed E-state index contributed by atoms with van der Waals surface area (Å²) in [5.41, 5.74) is 1.37. The van der Waals surface area contributed by atoms with Crippen LogP contribution in [-0.2, 0) is 6.54 Å². The second-order valence-electron chi connectivity index (χ2n) is 4.10. The van der Waals surface area contributed by atoms with Crippen molar-refractivity contribution in [2.45, 2.75) is 13.5 Å². The molecule has 0 spiro atoms. The summed E-state index contributed by atoms with van der Waals surface area (Å²) in [5.74, 6) is 0.964. The van der Waals surface area contributed by atoms with Gasteiger partial charge in [0.15, 0.2) is 0 Å². The van der Waals surface area contributed by atoms with Crippen LogP contribution in [-0.4, -0.2) is 37.7 Å². The fourth-order valence-corrected chi connectivity index (χ4v) is 1.99. The van der Waals surface area contributed by atoms with Gasteiger partial charge in [-0.25, -0.2) is 0 Å². The van der Waals surface area contributed by atoms with E-state index in [1.165, 1.54) is 5.56 Å². The van der Waals surface area contributed by atoms with Gasteiger partial charge >= 0.3 is 0 Å². The molecule has 0 saturated carbocycles. The van der Waals surface area contributed by atoms with E-state index < -0.39 is 0 Å². The summed E-state index contributed by atoms with van der Waals surface area (Å²) in [7, 11) is 0. The van der Waals surface area contributed by atoms with Crippen LogP contribution in [0.5, 0.6) is 5.75 Å². The number of nitrogens with zero attached hydrogens (tertiary/aromatic N) is 1. The van der Waals surface area contributed by atoms with Gasteiger partial charge in [-0.1, -0.05) is 12.1 Å². The van der Waals surface area contributed by atoms with Crippen LogP contribution in [0.2, 0.25) is 0 Å². The standard InChI is InChI=1S/C13H20N2O.ClH/c1-2-16-13-5-3-12(4-6-13)11-15-9-7-14-8-10-15;/h3-6,14H,2,7-11H2,1H3;1H. The van der Waals surface area contributed by atoms with Crippen molar-refractivity contribution in [2.75, 3.05) is 32.8 Å². The number of hydrogen-bond acceptors (Lipinski definition) is 3. The van der Waals surface area contributed by atoms with Crippen molar-refractivity contribution in [1.29, 1.82) is 0 Å². The lowest BCUT2D eigenvalue weighted by molar-refractivity contribution is 0.233. The Labute approximate surface area is 110 Å². The molecule has 4 heteroatoms. The zero-order valence-corrected chi connectivity index (χ0v) is 11.1. The minimum absolute atomic E-state index is 0. The van der Waals surface area contributed by atoms with Gasteiger partial charge in [-0.2, -0.15) is 0 Å². The molecule has 1 fully saturated rings. The van der Waals surface area contributed by atoms with Gasteiger partial charge in [-0.15, -0.1) is 12.4 Å². The first kappa shape index (κ1) is 14.3. The fourth-order valence-electron chi connectivity index (χ4n) is 1.99. The van der Waals surface area contributed by atoms with Crippen LogP contribution in [0.15, 0.2) is 24.3 Å². The number of rotatable bonds is 4. The molecule has 17 heavy (non-hydrogen) atoms. The quantitative estimate of drug-likeness (QED) is 0.891. The Kier molecular flexibility index (Phi) is 6.34. The van der Waals surface area contributed by atoms with E-state index in [9.17, 15) is 0 Å². The minimum atomic E-state index is 0. The van der Waals surface area contributed by atoms with E-state index in [4.69, 9.17) is 4.74 Å². The molecule has 1 heterocycles. The van der Waals surface area contributed by atoms with Crippen molar-refractivity contribution in [2.24, 2.45) is 0 Å². The molecule has 0 atom stereocenters. The molecule has 1 aromatic rings. The zero-order chi connectivity index (χ0) is 11.2. The largest absolute Gasteiger partial charge is 0.494 e. The third-order valence-corrected chi connectivity index (χ3v) is 2.85. The zero-order valence-electron chi connectivity index (χ0n) is 10.3. The van der Waals surface area contributed by atoms with Crippen LogP contribution in [0.4, 0.5) is 0 Å². The second-order valence-corrected chi connectivity index (χ2v) is 4.10. The van der Waals surface area contributed by atoms with Crippen LogP contribution in [0.3, 0.4) is 0 Å². The molecule has 3 nitrogen and oxygen atoms in total. The van der Waals surface area contributed by atoms with E-state index in [-0.39, 0.29) is 12.4 Å². The first-order valence-corrected chi connectivity index (χ1v) is 6.03. The van der Waals surface area contributed by atoms with E-state index in [0.717, 1.165) is 45.1 Å². The SMILES string of the molecule is CCOc1ccc(CN2CCNCC2)cc1.Cl. The predicted octanol–water partition coefficient (Wildman–Crippen LogP) is 1.91. The normalized spacial score (nSPS) is 16.3. The summed E-state index contributed by atoms with van der Waals surface area (Å²) < 4.78 is 5.43. The third-order valence-electron chi connectivity index (χ3n) is 2.85. The molecule has 1 aliphatic rings. The Bertz CT molecular complexity index is 310. The molecule has 0 unspecified atom stereocenters. The van der Waals surface area contributed by atoms with Gasteiger partial charge in [0.05, 0.1) is 6.61 Å². The monoisotopic (exact) mass is 256 g/mol. The molecule has 1 aliphatic heterocycles. The first-order valence-electron chi connectivity index (χ1n) is 6.03. The summed E-state index contributed by atoms with van der Waals surface area (Å²) in [5, 5.41) is 3.36. The van der Waals surface area contributed by atoms with Crippen molar-refractivity contribution < 1.29 is 4.74 Å². The van der Waals surface area contributed by atoms with Crippen molar-refractivity contribution in [3.63, 3.8) is 0 Å². The minimum Gasteiger partial charge on any atom is -0.494 e. The molecule has 1 saturated heterocycles. The van der Waals surface area contributed by atoms with E-state index >= 15 is 0 Å². The maximum Gasteiger partial charge on any atom is 0.119 e. The summed E-state index contributed by atoms with van der Waals surface area (Å²) in [6.45, 7) is 8.30. The van der Waals surface area contributed by atoms with Crippen LogP contribution < -0.4 is 10.1 Å². The van der Waals surface area contributed by atoms with Crippen molar-refractivity contribution >= 4 is 12.4 Å².